The molecule has 0 aromatic carbocycles. The topological polar surface area (TPSA) is 66.5 Å². The van der Waals surface area contributed by atoms with Gasteiger partial charge in [0, 0.05) is 19.6 Å². The minimum Gasteiger partial charge on any atom is -0.355 e. The lowest BCUT2D eigenvalue weighted by Gasteiger charge is -2.17. The van der Waals surface area contributed by atoms with Gasteiger partial charge >= 0.3 is 0 Å². The highest BCUT2D eigenvalue weighted by Gasteiger charge is 2.13. The molecular formula is C8H17BrN2O3S. The van der Waals surface area contributed by atoms with E-state index < -0.39 is 10.0 Å². The number of hydrogen-bond acceptors (Lipinski definition) is 3. The Kier molecular flexibility index (Phi) is 7.12. The first-order valence-electron chi connectivity index (χ1n) is 4.69. The first kappa shape index (κ1) is 14.9. The second kappa shape index (κ2) is 7.19. The zero-order valence-electron chi connectivity index (χ0n) is 8.99. The molecule has 0 spiro atoms. The van der Waals surface area contributed by atoms with E-state index in [4.69, 9.17) is 0 Å². The minimum absolute atomic E-state index is 0.0857. The molecule has 0 heterocycles. The second-order valence-electron chi connectivity index (χ2n) is 3.09. The van der Waals surface area contributed by atoms with Gasteiger partial charge in [-0.15, -0.1) is 0 Å². The first-order valence-corrected chi connectivity index (χ1v) is 7.66. The molecule has 0 aliphatic heterocycles. The SMILES string of the molecule is CCN(CCCNC(=O)CBr)S(C)(=O)=O. The van der Waals surface area contributed by atoms with E-state index >= 15 is 0 Å². The molecule has 90 valence electrons. The first-order chi connectivity index (χ1) is 6.91. The Bertz CT molecular complexity index is 292. The van der Waals surface area contributed by atoms with Gasteiger partial charge in [-0.3, -0.25) is 4.79 Å². The predicted molar refractivity (Wildman–Crippen MR) is 63.5 cm³/mol. The van der Waals surface area contributed by atoms with Gasteiger partial charge in [-0.1, -0.05) is 22.9 Å². The normalized spacial score (nSPS) is 11.7. The number of carbonyl (C=O) groups is 1. The molecule has 0 aromatic rings. The van der Waals surface area contributed by atoms with Crippen LogP contribution in [0.15, 0.2) is 0 Å². The van der Waals surface area contributed by atoms with Crippen molar-refractivity contribution in [1.82, 2.24) is 9.62 Å². The van der Waals surface area contributed by atoms with Crippen LogP contribution in [0.1, 0.15) is 13.3 Å². The molecule has 1 N–H and O–H groups in total. The lowest BCUT2D eigenvalue weighted by molar-refractivity contribution is -0.118. The minimum atomic E-state index is -3.11. The van der Waals surface area contributed by atoms with Crippen molar-refractivity contribution in [3.63, 3.8) is 0 Å². The molecule has 0 atom stereocenters. The molecule has 0 fully saturated rings. The molecule has 0 rings (SSSR count). The van der Waals surface area contributed by atoms with Gasteiger partial charge in [0.05, 0.1) is 11.6 Å². The standard InChI is InChI=1S/C8H17BrN2O3S/c1-3-11(15(2,13)14)6-4-5-10-8(12)7-9/h3-7H2,1-2H3,(H,10,12). The number of halogens is 1. The predicted octanol–water partition coefficient (Wildman–Crippen LogP) is 0.169. The number of sulfonamides is 1. The van der Waals surface area contributed by atoms with Gasteiger partial charge < -0.3 is 5.32 Å². The summed E-state index contributed by atoms with van der Waals surface area (Å²) in [6.45, 7) is 3.19. The van der Waals surface area contributed by atoms with Crippen LogP contribution in [-0.4, -0.2) is 49.9 Å². The van der Waals surface area contributed by atoms with Crippen molar-refractivity contribution in [2.24, 2.45) is 0 Å². The fraction of sp³-hybridized carbons (Fsp3) is 0.875. The summed E-state index contributed by atoms with van der Waals surface area (Å²) >= 11 is 3.02. The van der Waals surface area contributed by atoms with Crippen LogP contribution in [0.5, 0.6) is 0 Å². The zero-order valence-corrected chi connectivity index (χ0v) is 11.4. The highest BCUT2D eigenvalue weighted by Crippen LogP contribution is 1.98. The maximum atomic E-state index is 11.2. The summed E-state index contributed by atoms with van der Waals surface area (Å²) in [4.78, 5) is 10.8. The van der Waals surface area contributed by atoms with Gasteiger partial charge in [0.1, 0.15) is 0 Å². The number of amides is 1. The number of alkyl halides is 1. The highest BCUT2D eigenvalue weighted by molar-refractivity contribution is 9.09. The monoisotopic (exact) mass is 300 g/mol. The molecule has 0 bridgehead atoms. The number of hydrogen-bond donors (Lipinski definition) is 1. The van der Waals surface area contributed by atoms with E-state index in [0.29, 0.717) is 26.1 Å². The van der Waals surface area contributed by atoms with Crippen molar-refractivity contribution in [1.29, 1.82) is 0 Å². The highest BCUT2D eigenvalue weighted by atomic mass is 79.9. The van der Waals surface area contributed by atoms with E-state index in [1.165, 1.54) is 10.6 Å². The molecule has 7 heteroatoms. The van der Waals surface area contributed by atoms with E-state index in [1.54, 1.807) is 6.92 Å². The molecule has 0 unspecified atom stereocenters. The largest absolute Gasteiger partial charge is 0.355 e. The molecule has 0 saturated carbocycles. The molecule has 5 nitrogen and oxygen atoms in total. The molecular weight excluding hydrogens is 284 g/mol. The van der Waals surface area contributed by atoms with Crippen LogP contribution in [0.3, 0.4) is 0 Å². The third-order valence-electron chi connectivity index (χ3n) is 1.85. The number of rotatable bonds is 7. The lowest BCUT2D eigenvalue weighted by Crippen LogP contribution is -2.33. The van der Waals surface area contributed by atoms with Crippen molar-refractivity contribution < 1.29 is 13.2 Å². The Morgan fingerprint density at radius 2 is 2.07 bits per heavy atom. The Morgan fingerprint density at radius 1 is 1.47 bits per heavy atom. The Labute approximate surface area is 99.4 Å². The third kappa shape index (κ3) is 6.86. The average molecular weight is 301 g/mol. The van der Waals surface area contributed by atoms with Gasteiger partial charge in [-0.2, -0.15) is 0 Å². The Balaban J connectivity index is 3.80. The van der Waals surface area contributed by atoms with Crippen LogP contribution in [0, 0.1) is 0 Å². The van der Waals surface area contributed by atoms with E-state index in [0.717, 1.165) is 0 Å². The van der Waals surface area contributed by atoms with Crippen molar-refractivity contribution in [3.8, 4) is 0 Å². The van der Waals surface area contributed by atoms with Gasteiger partial charge in [-0.25, -0.2) is 12.7 Å². The molecule has 0 aliphatic carbocycles. The van der Waals surface area contributed by atoms with Crippen LogP contribution in [0.2, 0.25) is 0 Å². The molecule has 0 aliphatic rings. The van der Waals surface area contributed by atoms with E-state index in [2.05, 4.69) is 21.2 Å². The summed E-state index contributed by atoms with van der Waals surface area (Å²) < 4.78 is 23.7. The van der Waals surface area contributed by atoms with E-state index in [-0.39, 0.29) is 11.2 Å². The molecule has 0 saturated heterocycles. The van der Waals surface area contributed by atoms with E-state index in [9.17, 15) is 13.2 Å². The number of carbonyl (C=O) groups excluding carboxylic acids is 1. The Morgan fingerprint density at radius 3 is 2.47 bits per heavy atom. The zero-order chi connectivity index (χ0) is 11.9. The molecule has 0 radical (unpaired) electrons. The van der Waals surface area contributed by atoms with Crippen molar-refractivity contribution in [3.05, 3.63) is 0 Å². The summed E-state index contributed by atoms with van der Waals surface area (Å²) in [6, 6.07) is 0. The van der Waals surface area contributed by atoms with Crippen molar-refractivity contribution >= 4 is 31.9 Å². The van der Waals surface area contributed by atoms with Gasteiger partial charge in [0.2, 0.25) is 15.9 Å². The van der Waals surface area contributed by atoms with Gasteiger partial charge in [-0.05, 0) is 6.42 Å². The molecule has 0 aromatic heterocycles. The van der Waals surface area contributed by atoms with Crippen molar-refractivity contribution in [2.75, 3.05) is 31.2 Å². The number of nitrogens with zero attached hydrogens (tertiary/aromatic N) is 1. The average Bonchev–Trinajstić information content (AvgIpc) is 2.15. The van der Waals surface area contributed by atoms with Crippen LogP contribution in [0.4, 0.5) is 0 Å². The third-order valence-corrected chi connectivity index (χ3v) is 3.74. The Hall–Kier alpha value is -0.140. The van der Waals surface area contributed by atoms with Gasteiger partial charge in [0.25, 0.3) is 0 Å². The fourth-order valence-electron chi connectivity index (χ4n) is 1.09. The maximum Gasteiger partial charge on any atom is 0.230 e. The maximum absolute atomic E-state index is 11.2. The number of nitrogens with one attached hydrogen (secondary N) is 1. The van der Waals surface area contributed by atoms with Crippen molar-refractivity contribution in [2.45, 2.75) is 13.3 Å². The summed E-state index contributed by atoms with van der Waals surface area (Å²) in [5.74, 6) is -0.0857. The second-order valence-corrected chi connectivity index (χ2v) is 5.63. The molecule has 1 amide bonds. The van der Waals surface area contributed by atoms with Crippen LogP contribution >= 0.6 is 15.9 Å². The summed E-state index contributed by atoms with van der Waals surface area (Å²) in [6.07, 6.45) is 1.81. The van der Waals surface area contributed by atoms with Crippen LogP contribution < -0.4 is 5.32 Å². The van der Waals surface area contributed by atoms with E-state index in [1.807, 2.05) is 0 Å². The van der Waals surface area contributed by atoms with Crippen LogP contribution in [-0.2, 0) is 14.8 Å². The summed E-state index contributed by atoms with van der Waals surface area (Å²) in [5.41, 5.74) is 0. The summed E-state index contributed by atoms with van der Waals surface area (Å²) in [7, 11) is -3.11. The molecule has 15 heavy (non-hydrogen) atoms. The smallest absolute Gasteiger partial charge is 0.230 e. The fourth-order valence-corrected chi connectivity index (χ4v) is 2.22. The van der Waals surface area contributed by atoms with Gasteiger partial charge in [0.15, 0.2) is 0 Å². The van der Waals surface area contributed by atoms with Crippen LogP contribution in [0.25, 0.3) is 0 Å². The quantitative estimate of drug-likeness (QED) is 0.538. The lowest BCUT2D eigenvalue weighted by atomic mass is 10.4. The summed E-state index contributed by atoms with van der Waals surface area (Å²) in [5, 5.41) is 2.93.